The molecule has 0 unspecified atom stereocenters. The largest absolute Gasteiger partial charge is 0.382 e. The molecule has 2 aliphatic rings. The number of aryl methyl sites for hydroxylation is 1. The number of nitrogens with zero attached hydrogens (tertiary/aromatic N) is 2. The summed E-state index contributed by atoms with van der Waals surface area (Å²) < 4.78 is 0. The van der Waals surface area contributed by atoms with Gasteiger partial charge in [-0.05, 0) is 44.7 Å². The molecular weight excluding hydrogens is 272 g/mol. The third-order valence-corrected chi connectivity index (χ3v) is 4.76. The fourth-order valence-electron chi connectivity index (χ4n) is 3.31. The van der Waals surface area contributed by atoms with Crippen molar-refractivity contribution < 1.29 is 0 Å². The zero-order valence-corrected chi connectivity index (χ0v) is 13.2. The monoisotopic (exact) mass is 296 g/mol. The Balaban J connectivity index is 1.77. The van der Waals surface area contributed by atoms with Crippen LogP contribution in [0.25, 0.3) is 10.8 Å². The zero-order valence-electron chi connectivity index (χ0n) is 13.2. The van der Waals surface area contributed by atoms with Gasteiger partial charge in [-0.25, -0.2) is 4.98 Å². The Kier molecular flexibility index (Phi) is 3.41. The van der Waals surface area contributed by atoms with Gasteiger partial charge in [-0.3, -0.25) is 0 Å². The van der Waals surface area contributed by atoms with Gasteiger partial charge in [-0.15, -0.1) is 0 Å². The SMILES string of the molecule is Cc1cc2c(NC3CC3)cccc2c(N2CCC(N)CC2)n1. The Hall–Kier alpha value is -1.81. The maximum Gasteiger partial charge on any atom is 0.136 e. The average Bonchev–Trinajstić information content (AvgIpc) is 3.32. The Morgan fingerprint density at radius 3 is 2.64 bits per heavy atom. The molecule has 0 amide bonds. The minimum absolute atomic E-state index is 0.347. The summed E-state index contributed by atoms with van der Waals surface area (Å²) in [5.41, 5.74) is 8.38. The lowest BCUT2D eigenvalue weighted by Gasteiger charge is -2.32. The summed E-state index contributed by atoms with van der Waals surface area (Å²) in [5, 5.41) is 6.21. The summed E-state index contributed by atoms with van der Waals surface area (Å²) in [6, 6.07) is 9.75. The quantitative estimate of drug-likeness (QED) is 0.914. The van der Waals surface area contributed by atoms with Crippen molar-refractivity contribution in [3.8, 4) is 0 Å². The van der Waals surface area contributed by atoms with Gasteiger partial charge < -0.3 is 16.0 Å². The number of rotatable bonds is 3. The van der Waals surface area contributed by atoms with E-state index in [2.05, 4.69) is 41.4 Å². The van der Waals surface area contributed by atoms with Crippen molar-refractivity contribution in [2.45, 2.75) is 44.7 Å². The molecule has 116 valence electrons. The van der Waals surface area contributed by atoms with E-state index in [-0.39, 0.29) is 0 Å². The summed E-state index contributed by atoms with van der Waals surface area (Å²) >= 11 is 0. The van der Waals surface area contributed by atoms with Crippen LogP contribution in [0.5, 0.6) is 0 Å². The number of aromatic nitrogens is 1. The van der Waals surface area contributed by atoms with Crippen molar-refractivity contribution in [1.29, 1.82) is 0 Å². The number of piperidine rings is 1. The lowest BCUT2D eigenvalue weighted by molar-refractivity contribution is 0.499. The highest BCUT2D eigenvalue weighted by atomic mass is 15.2. The Morgan fingerprint density at radius 2 is 1.91 bits per heavy atom. The van der Waals surface area contributed by atoms with E-state index >= 15 is 0 Å². The van der Waals surface area contributed by atoms with E-state index in [1.807, 2.05) is 0 Å². The number of hydrogen-bond donors (Lipinski definition) is 2. The Labute approximate surface area is 131 Å². The van der Waals surface area contributed by atoms with E-state index in [1.165, 1.54) is 29.3 Å². The van der Waals surface area contributed by atoms with Gasteiger partial charge in [-0.1, -0.05) is 12.1 Å². The minimum atomic E-state index is 0.347. The first kappa shape index (κ1) is 13.8. The molecule has 1 saturated heterocycles. The average molecular weight is 296 g/mol. The molecule has 4 nitrogen and oxygen atoms in total. The number of benzene rings is 1. The molecule has 4 heteroatoms. The van der Waals surface area contributed by atoms with Gasteiger partial charge in [-0.2, -0.15) is 0 Å². The third-order valence-electron chi connectivity index (χ3n) is 4.76. The van der Waals surface area contributed by atoms with Gasteiger partial charge in [0.15, 0.2) is 0 Å². The summed E-state index contributed by atoms with van der Waals surface area (Å²) in [6.45, 7) is 4.10. The van der Waals surface area contributed by atoms with Crippen LogP contribution in [0, 0.1) is 6.92 Å². The van der Waals surface area contributed by atoms with Gasteiger partial charge in [0.25, 0.3) is 0 Å². The van der Waals surface area contributed by atoms with E-state index in [4.69, 9.17) is 10.7 Å². The van der Waals surface area contributed by atoms with Crippen molar-refractivity contribution >= 4 is 22.3 Å². The maximum atomic E-state index is 6.05. The number of fused-ring (bicyclic) bond motifs is 1. The minimum Gasteiger partial charge on any atom is -0.382 e. The van der Waals surface area contributed by atoms with Gasteiger partial charge in [0.1, 0.15) is 5.82 Å². The van der Waals surface area contributed by atoms with Gasteiger partial charge in [0.2, 0.25) is 0 Å². The summed E-state index contributed by atoms with van der Waals surface area (Å²) in [4.78, 5) is 7.25. The molecule has 1 aliphatic carbocycles. The number of pyridine rings is 1. The first-order valence-electron chi connectivity index (χ1n) is 8.38. The lowest BCUT2D eigenvalue weighted by atomic mass is 10.0. The molecule has 0 bridgehead atoms. The fraction of sp³-hybridized carbons (Fsp3) is 0.500. The fourth-order valence-corrected chi connectivity index (χ4v) is 3.31. The van der Waals surface area contributed by atoms with Crippen molar-refractivity contribution in [3.63, 3.8) is 0 Å². The van der Waals surface area contributed by atoms with Crippen LogP contribution < -0.4 is 16.0 Å². The van der Waals surface area contributed by atoms with E-state index < -0.39 is 0 Å². The molecule has 2 heterocycles. The third kappa shape index (κ3) is 2.63. The maximum absolute atomic E-state index is 6.05. The van der Waals surface area contributed by atoms with Gasteiger partial charge >= 0.3 is 0 Å². The van der Waals surface area contributed by atoms with Crippen LogP contribution in [0.3, 0.4) is 0 Å². The van der Waals surface area contributed by atoms with E-state index in [0.29, 0.717) is 12.1 Å². The molecule has 1 aromatic heterocycles. The predicted octanol–water partition coefficient (Wildman–Crippen LogP) is 3.05. The van der Waals surface area contributed by atoms with Gasteiger partial charge in [0.05, 0.1) is 0 Å². The topological polar surface area (TPSA) is 54.2 Å². The molecular formula is C18H24N4. The second-order valence-electron chi connectivity index (χ2n) is 6.73. The number of anilines is 2. The number of nitrogens with two attached hydrogens (primary N) is 1. The molecule has 3 N–H and O–H groups in total. The van der Waals surface area contributed by atoms with E-state index in [0.717, 1.165) is 37.4 Å². The molecule has 4 rings (SSSR count). The van der Waals surface area contributed by atoms with Crippen LogP contribution in [-0.4, -0.2) is 30.2 Å². The van der Waals surface area contributed by atoms with Crippen LogP contribution >= 0.6 is 0 Å². The molecule has 2 fully saturated rings. The molecule has 0 radical (unpaired) electrons. The molecule has 0 atom stereocenters. The summed E-state index contributed by atoms with van der Waals surface area (Å²) in [7, 11) is 0. The molecule has 2 aromatic rings. The number of hydrogen-bond acceptors (Lipinski definition) is 4. The molecule has 1 saturated carbocycles. The highest BCUT2D eigenvalue weighted by Gasteiger charge is 2.23. The van der Waals surface area contributed by atoms with Crippen molar-refractivity contribution in [3.05, 3.63) is 30.0 Å². The van der Waals surface area contributed by atoms with E-state index in [9.17, 15) is 0 Å². The lowest BCUT2D eigenvalue weighted by Crippen LogP contribution is -2.40. The molecule has 0 spiro atoms. The second-order valence-corrected chi connectivity index (χ2v) is 6.73. The van der Waals surface area contributed by atoms with Gasteiger partial charge in [0, 0.05) is 47.3 Å². The second kappa shape index (κ2) is 5.43. The Bertz CT molecular complexity index is 685. The van der Waals surface area contributed by atoms with Crippen LogP contribution in [0.4, 0.5) is 11.5 Å². The summed E-state index contributed by atoms with van der Waals surface area (Å²) in [6.07, 6.45) is 4.68. The van der Waals surface area contributed by atoms with Crippen LogP contribution in [0.15, 0.2) is 24.3 Å². The molecule has 1 aliphatic heterocycles. The normalized spacial score (nSPS) is 19.6. The highest BCUT2D eigenvalue weighted by Crippen LogP contribution is 2.34. The highest BCUT2D eigenvalue weighted by molar-refractivity contribution is 6.00. The van der Waals surface area contributed by atoms with Crippen LogP contribution in [0.2, 0.25) is 0 Å². The van der Waals surface area contributed by atoms with Crippen molar-refractivity contribution in [2.75, 3.05) is 23.3 Å². The smallest absolute Gasteiger partial charge is 0.136 e. The van der Waals surface area contributed by atoms with Crippen LogP contribution in [0.1, 0.15) is 31.4 Å². The molecule has 22 heavy (non-hydrogen) atoms. The number of nitrogens with one attached hydrogen (secondary N) is 1. The standard InChI is InChI=1S/C18H24N4/c1-12-11-16-15(3-2-4-17(16)21-14-5-6-14)18(20-12)22-9-7-13(19)8-10-22/h2-4,11,13-14,21H,5-10,19H2,1H3. The Morgan fingerprint density at radius 1 is 1.14 bits per heavy atom. The molecule has 1 aromatic carbocycles. The van der Waals surface area contributed by atoms with Crippen LogP contribution in [-0.2, 0) is 0 Å². The zero-order chi connectivity index (χ0) is 15.1. The first-order chi connectivity index (χ1) is 10.7. The summed E-state index contributed by atoms with van der Waals surface area (Å²) in [5.74, 6) is 1.13. The van der Waals surface area contributed by atoms with E-state index in [1.54, 1.807) is 0 Å². The van der Waals surface area contributed by atoms with Crippen molar-refractivity contribution in [1.82, 2.24) is 4.98 Å². The predicted molar refractivity (Wildman–Crippen MR) is 92.5 cm³/mol. The first-order valence-corrected chi connectivity index (χ1v) is 8.38. The van der Waals surface area contributed by atoms with Crippen molar-refractivity contribution in [2.24, 2.45) is 5.73 Å².